The number of carbonyl (C=O) groups excluding carboxylic acids is 2. The normalized spacial score (nSPS) is 18.0. The molecule has 0 radical (unpaired) electrons. The van der Waals surface area contributed by atoms with Gasteiger partial charge in [-0.15, -0.1) is 0 Å². The molecule has 3 nitrogen and oxygen atoms in total. The molecule has 0 spiro atoms. The topological polar surface area (TPSA) is 37.4 Å². The fraction of sp³-hybridized carbons (Fsp3) is 0.391. The van der Waals surface area contributed by atoms with Crippen LogP contribution in [0.4, 0.5) is 4.39 Å². The molecule has 1 heterocycles. The molecule has 0 bridgehead atoms. The maximum atomic E-state index is 12.8. The highest BCUT2D eigenvalue weighted by molar-refractivity contribution is 6.12. The summed E-state index contributed by atoms with van der Waals surface area (Å²) < 4.78 is 12.8. The summed E-state index contributed by atoms with van der Waals surface area (Å²) in [5.74, 6) is -0.155. The van der Waals surface area contributed by atoms with E-state index in [0.29, 0.717) is 17.5 Å². The van der Waals surface area contributed by atoms with Crippen LogP contribution >= 0.6 is 0 Å². The van der Waals surface area contributed by atoms with E-state index in [2.05, 4.69) is 17.0 Å². The lowest BCUT2D eigenvalue weighted by Crippen LogP contribution is -2.39. The monoisotopic (exact) mass is 364 g/mol. The Morgan fingerprint density at radius 2 is 1.93 bits per heavy atom. The molecule has 27 heavy (non-hydrogen) atoms. The number of rotatable bonds is 5. The van der Waals surface area contributed by atoms with Crippen LogP contribution in [0.1, 0.15) is 63.7 Å². The zero-order chi connectivity index (χ0) is 19.1. The van der Waals surface area contributed by atoms with Crippen molar-refractivity contribution >= 4 is 11.6 Å². The number of halogens is 1. The average molecular weight is 364 g/mol. The van der Waals surface area contributed by atoms with Crippen LogP contribution in [0.15, 0.2) is 30.3 Å². The lowest BCUT2D eigenvalue weighted by molar-refractivity contribution is 0.0981. The Bertz CT molecular complexity index is 934. The Morgan fingerprint density at radius 3 is 2.63 bits per heavy atom. The summed E-state index contributed by atoms with van der Waals surface area (Å²) in [6.07, 6.45) is 2.27. The highest BCUT2D eigenvalue weighted by Gasteiger charge is 2.36. The van der Waals surface area contributed by atoms with Crippen molar-refractivity contribution in [2.24, 2.45) is 0 Å². The highest BCUT2D eigenvalue weighted by Crippen LogP contribution is 2.47. The average Bonchev–Trinajstić information content (AvgIpc) is 2.66. The zero-order valence-electron chi connectivity index (χ0n) is 15.8. The van der Waals surface area contributed by atoms with Gasteiger partial charge in [0, 0.05) is 30.3 Å². The minimum atomic E-state index is -0.301. The Balaban J connectivity index is 1.94. The molecule has 0 N–H and O–H groups in total. The molecular formula is C23H24FNO2. The maximum Gasteiger partial charge on any atom is 0.161 e. The number of Topliss-reactive ketones (excluding diaryl/α,β-unsaturated/α-hetero) is 2. The molecule has 1 unspecified atom stereocenters. The summed E-state index contributed by atoms with van der Waals surface area (Å²) in [5, 5.41) is 0. The molecular weight excluding hydrogens is 340 g/mol. The summed E-state index contributed by atoms with van der Waals surface area (Å²) in [6, 6.07) is 10.3. The molecule has 4 heteroatoms. The molecule has 140 valence electrons. The first kappa shape index (κ1) is 18.1. The number of fused-ring (bicyclic) bond motifs is 2. The smallest absolute Gasteiger partial charge is 0.161 e. The van der Waals surface area contributed by atoms with Crippen LogP contribution in [0.2, 0.25) is 0 Å². The van der Waals surface area contributed by atoms with Crippen molar-refractivity contribution in [1.82, 2.24) is 4.90 Å². The van der Waals surface area contributed by atoms with Crippen LogP contribution in [0.25, 0.3) is 11.1 Å². The lowest BCUT2D eigenvalue weighted by atomic mass is 9.74. The number of hydrogen-bond donors (Lipinski definition) is 0. The molecule has 2 aromatic carbocycles. The summed E-state index contributed by atoms with van der Waals surface area (Å²) >= 11 is 0. The SMILES string of the molecule is CC(=O)c1ccc2c(c1C(C)=O)-c1cccc3c1C(C2)N(CCC[18F])CC3. The molecule has 2 aromatic rings. The van der Waals surface area contributed by atoms with E-state index in [0.717, 1.165) is 42.6 Å². The maximum absolute atomic E-state index is 12.8. The third kappa shape index (κ3) is 2.92. The number of ketones is 2. The van der Waals surface area contributed by atoms with Gasteiger partial charge in [0.15, 0.2) is 11.6 Å². The van der Waals surface area contributed by atoms with E-state index >= 15 is 0 Å². The predicted molar refractivity (Wildman–Crippen MR) is 104 cm³/mol. The van der Waals surface area contributed by atoms with Crippen molar-refractivity contribution in [2.45, 2.75) is 39.2 Å². The zero-order valence-corrected chi connectivity index (χ0v) is 15.8. The summed E-state index contributed by atoms with van der Waals surface area (Å²) in [5.41, 5.74) is 6.72. The molecule has 1 atom stereocenters. The van der Waals surface area contributed by atoms with Crippen LogP contribution in [-0.4, -0.2) is 36.2 Å². The van der Waals surface area contributed by atoms with Crippen LogP contribution in [0.5, 0.6) is 0 Å². The third-order valence-corrected chi connectivity index (χ3v) is 5.92. The van der Waals surface area contributed by atoms with Gasteiger partial charge in [-0.05, 0) is 60.9 Å². The minimum Gasteiger partial charge on any atom is -0.296 e. The largest absolute Gasteiger partial charge is 0.296 e. The van der Waals surface area contributed by atoms with Gasteiger partial charge in [-0.25, -0.2) is 0 Å². The van der Waals surface area contributed by atoms with Gasteiger partial charge in [0.2, 0.25) is 0 Å². The van der Waals surface area contributed by atoms with Crippen LogP contribution in [-0.2, 0) is 12.8 Å². The summed E-state index contributed by atoms with van der Waals surface area (Å²) in [7, 11) is 0. The second-order valence-electron chi connectivity index (χ2n) is 7.56. The van der Waals surface area contributed by atoms with Crippen molar-refractivity contribution in [3.63, 3.8) is 0 Å². The van der Waals surface area contributed by atoms with E-state index in [-0.39, 0.29) is 24.3 Å². The number of carbonyl (C=O) groups is 2. The van der Waals surface area contributed by atoms with Crippen LogP contribution < -0.4 is 0 Å². The number of alkyl halides is 1. The summed E-state index contributed by atoms with van der Waals surface area (Å²) in [6.45, 7) is 4.43. The molecule has 2 aliphatic rings. The minimum absolute atomic E-state index is 0.0711. The van der Waals surface area contributed by atoms with E-state index < -0.39 is 0 Å². The van der Waals surface area contributed by atoms with Gasteiger partial charge < -0.3 is 0 Å². The van der Waals surface area contributed by atoms with Crippen molar-refractivity contribution < 1.29 is 14.0 Å². The molecule has 1 aliphatic heterocycles. The van der Waals surface area contributed by atoms with E-state index in [1.807, 2.05) is 12.1 Å². The Kier molecular flexibility index (Phi) is 4.68. The van der Waals surface area contributed by atoms with Gasteiger partial charge in [-0.2, -0.15) is 0 Å². The van der Waals surface area contributed by atoms with E-state index in [4.69, 9.17) is 0 Å². The molecule has 1 aliphatic carbocycles. The second-order valence-corrected chi connectivity index (χ2v) is 7.56. The first-order valence-electron chi connectivity index (χ1n) is 9.62. The number of hydrogen-bond acceptors (Lipinski definition) is 3. The number of benzene rings is 2. The lowest BCUT2D eigenvalue weighted by Gasteiger charge is -2.42. The van der Waals surface area contributed by atoms with Crippen molar-refractivity contribution in [3.05, 3.63) is 58.1 Å². The van der Waals surface area contributed by atoms with Crippen LogP contribution in [0, 0.1) is 0 Å². The molecule has 0 saturated heterocycles. The molecule has 0 saturated carbocycles. The van der Waals surface area contributed by atoms with Crippen molar-refractivity contribution in [2.75, 3.05) is 19.8 Å². The van der Waals surface area contributed by atoms with Gasteiger partial charge in [-0.3, -0.25) is 18.9 Å². The van der Waals surface area contributed by atoms with Gasteiger partial charge in [0.25, 0.3) is 0 Å². The fourth-order valence-corrected chi connectivity index (χ4v) is 4.80. The standard InChI is InChI=1S/C23H24FNO2/c1-14(26)18-8-7-17-13-20-22-16(9-12-25(20)11-4-10-24)5-3-6-19(22)23(17)21(18)15(2)27/h3,5-8,20H,4,9-13H2,1-2H3/i24-1. The van der Waals surface area contributed by atoms with Gasteiger partial charge in [0.1, 0.15) is 0 Å². The molecule has 0 aromatic heterocycles. The highest BCUT2D eigenvalue weighted by atomic mass is 18.2. The van der Waals surface area contributed by atoms with E-state index in [1.165, 1.54) is 25.0 Å². The van der Waals surface area contributed by atoms with E-state index in [1.54, 1.807) is 6.07 Å². The quantitative estimate of drug-likeness (QED) is 0.729. The molecule has 0 amide bonds. The Morgan fingerprint density at radius 1 is 1.11 bits per heavy atom. The van der Waals surface area contributed by atoms with Crippen molar-refractivity contribution in [3.8, 4) is 11.1 Å². The molecule has 4 rings (SSSR count). The first-order chi connectivity index (χ1) is 13.0. The van der Waals surface area contributed by atoms with Gasteiger partial charge in [0.05, 0.1) is 6.67 Å². The fourth-order valence-electron chi connectivity index (χ4n) is 4.80. The van der Waals surface area contributed by atoms with Gasteiger partial charge in [-0.1, -0.05) is 30.3 Å². The number of nitrogens with zero attached hydrogens (tertiary/aromatic N) is 1. The van der Waals surface area contributed by atoms with Gasteiger partial charge >= 0.3 is 0 Å². The Hall–Kier alpha value is -2.33. The predicted octanol–water partition coefficient (Wildman–Crippen LogP) is 4.57. The van der Waals surface area contributed by atoms with Crippen molar-refractivity contribution in [1.29, 1.82) is 0 Å². The van der Waals surface area contributed by atoms with E-state index in [9.17, 15) is 14.0 Å². The Labute approximate surface area is 159 Å². The first-order valence-corrected chi connectivity index (χ1v) is 9.62. The van der Waals surface area contributed by atoms with Crippen LogP contribution in [0.3, 0.4) is 0 Å². The molecule has 0 fully saturated rings. The second kappa shape index (κ2) is 7.01. The summed E-state index contributed by atoms with van der Waals surface area (Å²) in [4.78, 5) is 27.0. The third-order valence-electron chi connectivity index (χ3n) is 5.92.